The molecule has 6 rings (SSSR count). The van der Waals surface area contributed by atoms with Gasteiger partial charge in [0.15, 0.2) is 0 Å². The maximum Gasteiger partial charge on any atom is 0.251 e. The van der Waals surface area contributed by atoms with Gasteiger partial charge >= 0.3 is 0 Å². The van der Waals surface area contributed by atoms with Gasteiger partial charge in [-0.3, -0.25) is 9.59 Å². The fourth-order valence-corrected chi connectivity index (χ4v) is 5.33. The number of nitrogens with one attached hydrogen (secondary N) is 2. The second kappa shape index (κ2) is 8.87. The lowest BCUT2D eigenvalue weighted by Crippen LogP contribution is -2.27. The quantitative estimate of drug-likeness (QED) is 0.440. The Labute approximate surface area is 204 Å². The Balaban J connectivity index is 1.15. The van der Waals surface area contributed by atoms with E-state index in [-0.39, 0.29) is 23.8 Å². The van der Waals surface area contributed by atoms with Crippen molar-refractivity contribution in [3.63, 3.8) is 0 Å². The molecule has 0 spiro atoms. The molecule has 4 aromatic rings. The van der Waals surface area contributed by atoms with Gasteiger partial charge in [-0.1, -0.05) is 54.6 Å². The molecule has 6 heteroatoms. The number of hydrogen-bond donors (Lipinski definition) is 2. The van der Waals surface area contributed by atoms with Gasteiger partial charge in [-0.25, -0.2) is 4.68 Å². The van der Waals surface area contributed by atoms with Crippen LogP contribution in [0.3, 0.4) is 0 Å². The molecule has 2 aliphatic rings. The number of hydrogen-bond acceptors (Lipinski definition) is 3. The monoisotopic (exact) mass is 462 g/mol. The number of amides is 2. The van der Waals surface area contributed by atoms with E-state index in [0.717, 1.165) is 36.9 Å². The van der Waals surface area contributed by atoms with E-state index in [0.29, 0.717) is 11.3 Å². The van der Waals surface area contributed by atoms with E-state index in [1.165, 1.54) is 16.7 Å². The number of rotatable bonds is 5. The van der Waals surface area contributed by atoms with Crippen LogP contribution in [0.2, 0.25) is 0 Å². The van der Waals surface area contributed by atoms with E-state index < -0.39 is 0 Å². The zero-order chi connectivity index (χ0) is 23.8. The molecule has 2 N–H and O–H groups in total. The molecule has 2 atom stereocenters. The normalized spacial score (nSPS) is 18.1. The van der Waals surface area contributed by atoms with Crippen LogP contribution in [0.5, 0.6) is 0 Å². The molecule has 6 nitrogen and oxygen atoms in total. The van der Waals surface area contributed by atoms with Gasteiger partial charge in [-0.15, -0.1) is 0 Å². The van der Waals surface area contributed by atoms with Crippen LogP contribution in [0.4, 0.5) is 5.69 Å². The molecule has 2 aliphatic carbocycles. The standard InChI is InChI=1S/C29H26N4O2/c34-28(32-27-15-13-20-7-2-4-11-25(20)27)21-8-5-9-23(16-21)33-18-22(17-30-33)31-29(35)26-14-12-19-6-1-3-10-24(19)26/h1-11,16-18,26-27H,12-15H2,(H,31,35)(H,32,34)/t26?,27-/m1/s1. The topological polar surface area (TPSA) is 76.0 Å². The number of aryl methyl sites for hydroxylation is 2. The molecule has 0 aliphatic heterocycles. The Bertz CT molecular complexity index is 1420. The van der Waals surface area contributed by atoms with Crippen molar-refractivity contribution < 1.29 is 9.59 Å². The molecule has 0 radical (unpaired) electrons. The van der Waals surface area contributed by atoms with Crippen molar-refractivity contribution in [1.29, 1.82) is 0 Å². The summed E-state index contributed by atoms with van der Waals surface area (Å²) < 4.78 is 1.68. The van der Waals surface area contributed by atoms with Gasteiger partial charge in [0.1, 0.15) is 0 Å². The highest BCUT2D eigenvalue weighted by molar-refractivity contribution is 5.96. The second-order valence-corrected chi connectivity index (χ2v) is 9.27. The van der Waals surface area contributed by atoms with Gasteiger partial charge in [0.2, 0.25) is 5.91 Å². The van der Waals surface area contributed by atoms with Crippen LogP contribution in [-0.2, 0) is 17.6 Å². The van der Waals surface area contributed by atoms with Crippen LogP contribution in [0, 0.1) is 0 Å². The van der Waals surface area contributed by atoms with Crippen molar-refractivity contribution in [1.82, 2.24) is 15.1 Å². The predicted octanol–water partition coefficient (Wildman–Crippen LogP) is 4.96. The molecule has 2 amide bonds. The number of carbonyl (C=O) groups excluding carboxylic acids is 2. The summed E-state index contributed by atoms with van der Waals surface area (Å²) >= 11 is 0. The first-order chi connectivity index (χ1) is 17.2. The second-order valence-electron chi connectivity index (χ2n) is 9.27. The SMILES string of the molecule is O=C(N[C@@H]1CCc2ccccc21)c1cccc(-n2cc(NC(=O)C3CCc4ccccc43)cn2)c1. The van der Waals surface area contributed by atoms with Crippen LogP contribution in [0.1, 0.15) is 57.4 Å². The first-order valence-electron chi connectivity index (χ1n) is 12.1. The maximum absolute atomic E-state index is 13.0. The Morgan fingerprint density at radius 1 is 0.857 bits per heavy atom. The highest BCUT2D eigenvalue weighted by Gasteiger charge is 2.28. The smallest absolute Gasteiger partial charge is 0.251 e. The van der Waals surface area contributed by atoms with E-state index in [1.54, 1.807) is 17.1 Å². The minimum absolute atomic E-state index is 0.0144. The summed E-state index contributed by atoms with van der Waals surface area (Å²) in [6.45, 7) is 0. The molecule has 0 fully saturated rings. The molecule has 0 saturated heterocycles. The van der Waals surface area contributed by atoms with Gasteiger partial charge in [0.25, 0.3) is 5.91 Å². The van der Waals surface area contributed by atoms with E-state index in [9.17, 15) is 9.59 Å². The Morgan fingerprint density at radius 2 is 1.60 bits per heavy atom. The largest absolute Gasteiger partial charge is 0.345 e. The fourth-order valence-electron chi connectivity index (χ4n) is 5.33. The lowest BCUT2D eigenvalue weighted by molar-refractivity contribution is -0.117. The van der Waals surface area contributed by atoms with Crippen molar-refractivity contribution in [2.75, 3.05) is 5.32 Å². The minimum atomic E-state index is -0.137. The lowest BCUT2D eigenvalue weighted by atomic mass is 10.0. The van der Waals surface area contributed by atoms with Crippen molar-refractivity contribution >= 4 is 17.5 Å². The van der Waals surface area contributed by atoms with Crippen molar-refractivity contribution in [2.45, 2.75) is 37.6 Å². The number of benzene rings is 3. The molecule has 35 heavy (non-hydrogen) atoms. The van der Waals surface area contributed by atoms with Crippen LogP contribution in [0.15, 0.2) is 85.2 Å². The number of carbonyl (C=O) groups is 2. The minimum Gasteiger partial charge on any atom is -0.345 e. The third kappa shape index (κ3) is 4.12. The van der Waals surface area contributed by atoms with E-state index in [2.05, 4.69) is 33.9 Å². The fraction of sp³-hybridized carbons (Fsp3) is 0.207. The van der Waals surface area contributed by atoms with Crippen molar-refractivity contribution in [2.24, 2.45) is 0 Å². The lowest BCUT2D eigenvalue weighted by Gasteiger charge is -2.14. The number of fused-ring (bicyclic) bond motifs is 2. The molecule has 1 aromatic heterocycles. The van der Waals surface area contributed by atoms with Crippen LogP contribution >= 0.6 is 0 Å². The summed E-state index contributed by atoms with van der Waals surface area (Å²) in [5.41, 5.74) is 6.84. The first kappa shape index (κ1) is 21.4. The molecule has 0 bridgehead atoms. The predicted molar refractivity (Wildman–Crippen MR) is 135 cm³/mol. The van der Waals surface area contributed by atoms with Crippen LogP contribution in [0.25, 0.3) is 5.69 Å². The summed E-state index contributed by atoms with van der Waals surface area (Å²) in [6, 6.07) is 23.8. The van der Waals surface area contributed by atoms with Gasteiger partial charge < -0.3 is 10.6 Å². The zero-order valence-electron chi connectivity index (χ0n) is 19.3. The van der Waals surface area contributed by atoms with Gasteiger partial charge in [0, 0.05) is 5.56 Å². The molecule has 0 saturated carbocycles. The van der Waals surface area contributed by atoms with Crippen LogP contribution < -0.4 is 10.6 Å². The Morgan fingerprint density at radius 3 is 2.46 bits per heavy atom. The van der Waals surface area contributed by atoms with Gasteiger partial charge in [-0.2, -0.15) is 5.10 Å². The highest BCUT2D eigenvalue weighted by atomic mass is 16.2. The zero-order valence-corrected chi connectivity index (χ0v) is 19.3. The van der Waals surface area contributed by atoms with Crippen molar-refractivity contribution in [3.05, 3.63) is 113 Å². The maximum atomic E-state index is 13.0. The number of anilines is 1. The Hall–Kier alpha value is -4.19. The molecule has 1 heterocycles. The van der Waals surface area contributed by atoms with Gasteiger partial charge in [-0.05, 0) is 66.1 Å². The molecule has 1 unspecified atom stereocenters. The summed E-state index contributed by atoms with van der Waals surface area (Å²) in [5, 5.41) is 10.6. The van der Waals surface area contributed by atoms with E-state index in [4.69, 9.17) is 0 Å². The summed E-state index contributed by atoms with van der Waals surface area (Å²) in [6.07, 6.45) is 7.06. The van der Waals surface area contributed by atoms with E-state index in [1.807, 2.05) is 54.6 Å². The van der Waals surface area contributed by atoms with Crippen LogP contribution in [-0.4, -0.2) is 21.6 Å². The van der Waals surface area contributed by atoms with Gasteiger partial charge in [0.05, 0.1) is 35.7 Å². The van der Waals surface area contributed by atoms with E-state index >= 15 is 0 Å². The summed E-state index contributed by atoms with van der Waals surface area (Å²) in [7, 11) is 0. The third-order valence-corrected chi connectivity index (χ3v) is 7.11. The Kier molecular flexibility index (Phi) is 5.41. The number of aromatic nitrogens is 2. The average Bonchev–Trinajstić information content (AvgIpc) is 3.63. The molecule has 174 valence electrons. The highest BCUT2D eigenvalue weighted by Crippen LogP contribution is 2.34. The molecular formula is C29H26N4O2. The van der Waals surface area contributed by atoms with Crippen molar-refractivity contribution in [3.8, 4) is 5.69 Å². The summed E-state index contributed by atoms with van der Waals surface area (Å²) in [5.74, 6) is -0.254. The average molecular weight is 463 g/mol. The summed E-state index contributed by atoms with van der Waals surface area (Å²) in [4.78, 5) is 25.9. The third-order valence-electron chi connectivity index (χ3n) is 7.11. The first-order valence-corrected chi connectivity index (χ1v) is 12.1. The number of nitrogens with zero attached hydrogens (tertiary/aromatic N) is 2. The molecular weight excluding hydrogens is 436 g/mol. The molecule has 3 aromatic carbocycles.